The van der Waals surface area contributed by atoms with Crippen LogP contribution in [0, 0.1) is 13.8 Å². The van der Waals surface area contributed by atoms with Crippen LogP contribution in [0.1, 0.15) is 49.7 Å². The quantitative estimate of drug-likeness (QED) is 0.788. The van der Waals surface area contributed by atoms with Gasteiger partial charge in [0.15, 0.2) is 6.61 Å². The molecule has 0 spiro atoms. The molecule has 0 unspecified atom stereocenters. The summed E-state index contributed by atoms with van der Waals surface area (Å²) in [6.07, 6.45) is 7.34. The van der Waals surface area contributed by atoms with Crippen molar-refractivity contribution in [2.24, 2.45) is 0 Å². The van der Waals surface area contributed by atoms with Gasteiger partial charge in [-0.2, -0.15) is 0 Å². The van der Waals surface area contributed by atoms with Gasteiger partial charge in [-0.3, -0.25) is 4.79 Å². The summed E-state index contributed by atoms with van der Waals surface area (Å²) in [5.41, 5.74) is 2.17. The van der Waals surface area contributed by atoms with E-state index in [1.807, 2.05) is 44.0 Å². The number of aryl methyl sites for hydroxylation is 2. The first kappa shape index (κ1) is 15.9. The lowest BCUT2D eigenvalue weighted by molar-refractivity contribution is -0.134. The number of amides is 1. The summed E-state index contributed by atoms with van der Waals surface area (Å²) in [5.74, 6) is 0.935. The molecule has 0 N–H and O–H groups in total. The fourth-order valence-electron chi connectivity index (χ4n) is 3.11. The third-order valence-corrected chi connectivity index (χ3v) is 4.51. The minimum atomic E-state index is 0.0875. The zero-order valence-electron chi connectivity index (χ0n) is 13.5. The van der Waals surface area contributed by atoms with Crippen LogP contribution in [0.5, 0.6) is 5.75 Å². The smallest absolute Gasteiger partial charge is 0.260 e. The Morgan fingerprint density at radius 2 is 1.71 bits per heavy atom. The Balaban J connectivity index is 1.91. The minimum absolute atomic E-state index is 0.0875. The van der Waals surface area contributed by atoms with Crippen LogP contribution in [-0.2, 0) is 4.79 Å². The largest absolute Gasteiger partial charge is 0.483 e. The lowest BCUT2D eigenvalue weighted by Gasteiger charge is -2.27. The molecule has 3 nitrogen and oxygen atoms in total. The summed E-state index contributed by atoms with van der Waals surface area (Å²) in [6, 6.07) is 6.43. The number of para-hydroxylation sites is 1. The first-order valence-corrected chi connectivity index (χ1v) is 8.04. The lowest BCUT2D eigenvalue weighted by atomic mass is 10.1. The van der Waals surface area contributed by atoms with Crippen LogP contribution in [0.25, 0.3) is 0 Å². The predicted octanol–water partition coefficient (Wildman–Crippen LogP) is 3.86. The van der Waals surface area contributed by atoms with Crippen LogP contribution in [0.15, 0.2) is 18.2 Å². The fraction of sp³-hybridized carbons (Fsp3) is 0.611. The summed E-state index contributed by atoms with van der Waals surface area (Å²) in [7, 11) is 1.92. The third kappa shape index (κ3) is 4.23. The number of carbonyl (C=O) groups is 1. The van der Waals surface area contributed by atoms with E-state index >= 15 is 0 Å². The summed E-state index contributed by atoms with van der Waals surface area (Å²) in [4.78, 5) is 14.3. The molecule has 1 aliphatic rings. The van der Waals surface area contributed by atoms with Crippen LogP contribution < -0.4 is 4.74 Å². The molecule has 3 heteroatoms. The Kier molecular flexibility index (Phi) is 5.66. The Labute approximate surface area is 128 Å². The van der Waals surface area contributed by atoms with Gasteiger partial charge in [0.1, 0.15) is 5.75 Å². The van der Waals surface area contributed by atoms with Crippen molar-refractivity contribution >= 4 is 5.91 Å². The van der Waals surface area contributed by atoms with Gasteiger partial charge in [-0.25, -0.2) is 0 Å². The number of ether oxygens (including phenoxy) is 1. The van der Waals surface area contributed by atoms with E-state index in [9.17, 15) is 4.79 Å². The van der Waals surface area contributed by atoms with Crippen LogP contribution in [0.3, 0.4) is 0 Å². The number of benzene rings is 1. The second kappa shape index (κ2) is 7.48. The first-order valence-electron chi connectivity index (χ1n) is 8.04. The fourth-order valence-corrected chi connectivity index (χ4v) is 3.11. The van der Waals surface area contributed by atoms with Crippen LogP contribution in [0.2, 0.25) is 0 Å². The van der Waals surface area contributed by atoms with E-state index < -0.39 is 0 Å². The van der Waals surface area contributed by atoms with E-state index in [0.717, 1.165) is 29.7 Å². The van der Waals surface area contributed by atoms with E-state index in [4.69, 9.17) is 4.74 Å². The van der Waals surface area contributed by atoms with Crippen LogP contribution >= 0.6 is 0 Å². The minimum Gasteiger partial charge on any atom is -0.483 e. The molecule has 1 aliphatic carbocycles. The number of carbonyl (C=O) groups excluding carboxylic acids is 1. The van der Waals surface area contributed by atoms with Crippen molar-refractivity contribution in [2.45, 2.75) is 58.4 Å². The molecule has 2 rings (SSSR count). The van der Waals surface area contributed by atoms with Crippen molar-refractivity contribution in [3.63, 3.8) is 0 Å². The molecule has 0 bridgehead atoms. The van der Waals surface area contributed by atoms with Gasteiger partial charge in [0.25, 0.3) is 5.91 Å². The van der Waals surface area contributed by atoms with E-state index in [0.29, 0.717) is 6.04 Å². The van der Waals surface area contributed by atoms with Gasteiger partial charge < -0.3 is 9.64 Å². The predicted molar refractivity (Wildman–Crippen MR) is 85.7 cm³/mol. The molecule has 1 aromatic carbocycles. The Morgan fingerprint density at radius 1 is 1.14 bits per heavy atom. The maximum absolute atomic E-state index is 12.4. The highest BCUT2D eigenvalue weighted by atomic mass is 16.5. The second-order valence-corrected chi connectivity index (χ2v) is 6.16. The molecular weight excluding hydrogens is 262 g/mol. The van der Waals surface area contributed by atoms with Gasteiger partial charge >= 0.3 is 0 Å². The van der Waals surface area contributed by atoms with Crippen molar-refractivity contribution < 1.29 is 9.53 Å². The van der Waals surface area contributed by atoms with Gasteiger partial charge in [0.05, 0.1) is 0 Å². The van der Waals surface area contributed by atoms with E-state index in [-0.39, 0.29) is 12.5 Å². The zero-order valence-corrected chi connectivity index (χ0v) is 13.5. The topological polar surface area (TPSA) is 29.5 Å². The molecule has 0 radical (unpaired) electrons. The maximum atomic E-state index is 12.4. The van der Waals surface area contributed by atoms with Gasteiger partial charge in [-0.15, -0.1) is 0 Å². The van der Waals surface area contributed by atoms with Crippen molar-refractivity contribution in [3.05, 3.63) is 29.3 Å². The van der Waals surface area contributed by atoms with Gasteiger partial charge in [-0.05, 0) is 37.8 Å². The molecule has 1 amide bonds. The average molecular weight is 289 g/mol. The Bertz CT molecular complexity index is 456. The molecule has 1 aromatic rings. The standard InChI is InChI=1S/C18H27NO2/c1-14-9-8-10-15(2)18(14)21-13-17(20)19(3)16-11-6-4-5-7-12-16/h8-10,16H,4-7,11-13H2,1-3H3. The molecule has 0 atom stereocenters. The Hall–Kier alpha value is -1.51. The lowest BCUT2D eigenvalue weighted by Crippen LogP contribution is -2.39. The van der Waals surface area contributed by atoms with Crippen molar-refractivity contribution in [2.75, 3.05) is 13.7 Å². The molecule has 1 fully saturated rings. The summed E-state index contributed by atoms with van der Waals surface area (Å²) >= 11 is 0. The summed E-state index contributed by atoms with van der Waals surface area (Å²) < 4.78 is 5.78. The number of likely N-dealkylation sites (N-methyl/N-ethyl adjacent to an activating group) is 1. The SMILES string of the molecule is Cc1cccc(C)c1OCC(=O)N(C)C1CCCCCC1. The van der Waals surface area contributed by atoms with E-state index in [2.05, 4.69) is 0 Å². The van der Waals surface area contributed by atoms with Gasteiger partial charge in [0.2, 0.25) is 0 Å². The molecule has 21 heavy (non-hydrogen) atoms. The highest BCUT2D eigenvalue weighted by molar-refractivity contribution is 5.77. The molecule has 0 aliphatic heterocycles. The molecule has 0 saturated heterocycles. The number of hydrogen-bond donors (Lipinski definition) is 0. The van der Waals surface area contributed by atoms with Crippen LogP contribution in [-0.4, -0.2) is 30.5 Å². The first-order chi connectivity index (χ1) is 10.1. The zero-order chi connectivity index (χ0) is 15.2. The Morgan fingerprint density at radius 3 is 2.29 bits per heavy atom. The van der Waals surface area contributed by atoms with Crippen molar-refractivity contribution in [1.82, 2.24) is 4.90 Å². The van der Waals surface area contributed by atoms with Gasteiger partial charge in [0, 0.05) is 13.1 Å². The average Bonchev–Trinajstić information content (AvgIpc) is 2.74. The highest BCUT2D eigenvalue weighted by Gasteiger charge is 2.21. The number of nitrogens with zero attached hydrogens (tertiary/aromatic N) is 1. The van der Waals surface area contributed by atoms with E-state index in [1.165, 1.54) is 25.7 Å². The normalized spacial score (nSPS) is 16.3. The second-order valence-electron chi connectivity index (χ2n) is 6.16. The third-order valence-electron chi connectivity index (χ3n) is 4.51. The molecule has 116 valence electrons. The number of rotatable bonds is 4. The number of hydrogen-bond acceptors (Lipinski definition) is 2. The van der Waals surface area contributed by atoms with Crippen LogP contribution in [0.4, 0.5) is 0 Å². The highest BCUT2D eigenvalue weighted by Crippen LogP contribution is 2.23. The van der Waals surface area contributed by atoms with E-state index in [1.54, 1.807) is 0 Å². The van der Waals surface area contributed by atoms with Crippen molar-refractivity contribution in [1.29, 1.82) is 0 Å². The molecule has 1 saturated carbocycles. The monoisotopic (exact) mass is 289 g/mol. The molecular formula is C18H27NO2. The summed E-state index contributed by atoms with van der Waals surface area (Å²) in [6.45, 7) is 4.17. The summed E-state index contributed by atoms with van der Waals surface area (Å²) in [5, 5.41) is 0. The molecule has 0 aromatic heterocycles. The van der Waals surface area contributed by atoms with Gasteiger partial charge in [-0.1, -0.05) is 43.9 Å². The van der Waals surface area contributed by atoms with Crippen molar-refractivity contribution in [3.8, 4) is 5.75 Å². The molecule has 0 heterocycles. The maximum Gasteiger partial charge on any atom is 0.260 e.